The number of alkyl halides is 3. The molecule has 1 aromatic carbocycles. The van der Waals surface area contributed by atoms with E-state index < -0.39 is 11.9 Å². The minimum Gasteiger partial charge on any atom is -0.483 e. The normalized spacial score (nSPS) is 17.9. The Hall–Kier alpha value is -4.48. The zero-order chi connectivity index (χ0) is 29.7. The van der Waals surface area contributed by atoms with Crippen molar-refractivity contribution in [2.45, 2.75) is 56.9 Å². The molecule has 43 heavy (non-hydrogen) atoms. The summed E-state index contributed by atoms with van der Waals surface area (Å²) in [6, 6.07) is 7.02. The highest BCUT2D eigenvalue weighted by Gasteiger charge is 2.35. The number of hydrogen-bond donors (Lipinski definition) is 0. The van der Waals surface area contributed by atoms with Gasteiger partial charge in [0, 0.05) is 37.6 Å². The molecule has 0 aliphatic heterocycles. The second-order valence-corrected chi connectivity index (χ2v) is 11.0. The molecule has 7 rings (SSSR count). The maximum Gasteiger partial charge on any atom is 0.434 e. The molecule has 221 valence electrons. The number of ether oxygens (including phenoxy) is 3. The number of rotatable bonds is 9. The van der Waals surface area contributed by atoms with Gasteiger partial charge in [-0.3, -0.25) is 0 Å². The molecule has 3 aliphatic carbocycles. The van der Waals surface area contributed by atoms with Crippen LogP contribution in [-0.4, -0.2) is 42.7 Å². The number of benzene rings is 1. The van der Waals surface area contributed by atoms with Crippen LogP contribution in [0.15, 0.2) is 54.1 Å². The lowest BCUT2D eigenvalue weighted by molar-refractivity contribution is -0.140. The average molecular weight is 590 g/mol. The van der Waals surface area contributed by atoms with Crippen molar-refractivity contribution in [3.8, 4) is 40.3 Å². The van der Waals surface area contributed by atoms with Gasteiger partial charge in [-0.25, -0.2) is 19.9 Å². The van der Waals surface area contributed by atoms with Crippen LogP contribution in [0.25, 0.3) is 22.8 Å². The van der Waals surface area contributed by atoms with Crippen LogP contribution in [0.1, 0.15) is 55.0 Å². The van der Waals surface area contributed by atoms with E-state index in [9.17, 15) is 13.2 Å². The SMILES string of the molecule is COc1ncnc(C2CC2)c1-c1ncc(OC2CCC3=C([CH]3)C2)c(OCc2ccc(-c3nc(C(F)(F)F)cn3C)cc2)n1. The summed E-state index contributed by atoms with van der Waals surface area (Å²) in [7, 11) is 3.09. The van der Waals surface area contributed by atoms with Gasteiger partial charge < -0.3 is 18.8 Å². The molecule has 1 unspecified atom stereocenters. The molecular weight excluding hydrogens is 561 g/mol. The van der Waals surface area contributed by atoms with Gasteiger partial charge in [-0.15, -0.1) is 0 Å². The minimum absolute atomic E-state index is 0.00965. The third-order valence-corrected chi connectivity index (χ3v) is 7.85. The molecule has 9 nitrogen and oxygen atoms in total. The fraction of sp³-hybridized carbons (Fsp3) is 0.355. The first-order valence-electron chi connectivity index (χ1n) is 14.1. The van der Waals surface area contributed by atoms with Crippen molar-refractivity contribution in [2.75, 3.05) is 7.11 Å². The Balaban J connectivity index is 1.16. The molecule has 1 saturated carbocycles. The molecule has 4 aromatic rings. The largest absolute Gasteiger partial charge is 0.483 e. The van der Waals surface area contributed by atoms with Crippen LogP contribution in [0.2, 0.25) is 0 Å². The summed E-state index contributed by atoms with van der Waals surface area (Å²) in [5.41, 5.74) is 4.69. The van der Waals surface area contributed by atoms with Crippen LogP contribution in [0.5, 0.6) is 17.5 Å². The molecule has 0 spiro atoms. The highest BCUT2D eigenvalue weighted by Crippen LogP contribution is 2.46. The van der Waals surface area contributed by atoms with Crippen molar-refractivity contribution in [3.05, 3.63) is 77.5 Å². The van der Waals surface area contributed by atoms with Gasteiger partial charge in [0.25, 0.3) is 5.88 Å². The number of allylic oxidation sites excluding steroid dienone is 1. The molecule has 12 heteroatoms. The summed E-state index contributed by atoms with van der Waals surface area (Å²) in [5.74, 6) is 2.02. The lowest BCUT2D eigenvalue weighted by Crippen LogP contribution is -2.18. The first-order chi connectivity index (χ1) is 20.8. The van der Waals surface area contributed by atoms with Gasteiger partial charge in [0.1, 0.15) is 30.4 Å². The standard InChI is InChI=1S/C31H28F3N6O3/c1-40-14-24(31(32,33)34)38-28(40)19-5-3-17(4-6-19)15-42-29-23(43-22-10-9-20-11-21(20)12-22)13-35-27(39-29)25-26(18-7-8-18)36-16-37-30(25)41-2/h3-6,11,13-14,16,18,22H,7-10,12,15H2,1-2H3. The van der Waals surface area contributed by atoms with E-state index in [0.29, 0.717) is 34.5 Å². The molecule has 3 aliphatic rings. The van der Waals surface area contributed by atoms with E-state index in [1.807, 2.05) is 0 Å². The molecule has 3 heterocycles. The smallest absolute Gasteiger partial charge is 0.434 e. The topological polar surface area (TPSA) is 97.1 Å². The van der Waals surface area contributed by atoms with Crippen molar-refractivity contribution in [1.82, 2.24) is 29.5 Å². The van der Waals surface area contributed by atoms with E-state index >= 15 is 0 Å². The molecule has 0 bridgehead atoms. The maximum atomic E-state index is 13.1. The fourth-order valence-electron chi connectivity index (χ4n) is 5.39. The van der Waals surface area contributed by atoms with E-state index in [2.05, 4.69) is 26.4 Å². The van der Waals surface area contributed by atoms with Crippen molar-refractivity contribution in [3.63, 3.8) is 0 Å². The quantitative estimate of drug-likeness (QED) is 0.226. The molecular formula is C31H28F3N6O3. The molecule has 0 N–H and O–H groups in total. The van der Waals surface area contributed by atoms with E-state index in [1.165, 1.54) is 29.1 Å². The van der Waals surface area contributed by atoms with Crippen LogP contribution in [0, 0.1) is 6.42 Å². The Kier molecular flexibility index (Phi) is 6.78. The summed E-state index contributed by atoms with van der Waals surface area (Å²) in [6.07, 6.45) is 6.57. The lowest BCUT2D eigenvalue weighted by Gasteiger charge is -2.21. The van der Waals surface area contributed by atoms with E-state index in [-0.39, 0.29) is 24.4 Å². The molecule has 0 saturated heterocycles. The van der Waals surface area contributed by atoms with Gasteiger partial charge in [-0.05, 0) is 31.2 Å². The van der Waals surface area contributed by atoms with Gasteiger partial charge in [0.15, 0.2) is 17.3 Å². The van der Waals surface area contributed by atoms with Gasteiger partial charge in [0.05, 0.1) is 19.0 Å². The average Bonchev–Trinajstić information content (AvgIpc) is 3.93. The lowest BCUT2D eigenvalue weighted by atomic mass is 10.1. The summed E-state index contributed by atoms with van der Waals surface area (Å²) < 4.78 is 58.9. The number of hydrogen-bond acceptors (Lipinski definition) is 8. The number of methoxy groups -OCH3 is 1. The zero-order valence-electron chi connectivity index (χ0n) is 23.6. The van der Waals surface area contributed by atoms with E-state index in [1.54, 1.807) is 37.6 Å². The highest BCUT2D eigenvalue weighted by atomic mass is 19.4. The Morgan fingerprint density at radius 3 is 2.49 bits per heavy atom. The first-order valence-corrected chi connectivity index (χ1v) is 14.1. The molecule has 0 amide bonds. The Bertz CT molecular complexity index is 1710. The van der Waals surface area contributed by atoms with Crippen molar-refractivity contribution in [2.24, 2.45) is 7.05 Å². The second-order valence-electron chi connectivity index (χ2n) is 11.0. The molecule has 1 radical (unpaired) electrons. The van der Waals surface area contributed by atoms with Gasteiger partial charge in [0.2, 0.25) is 5.88 Å². The van der Waals surface area contributed by atoms with Gasteiger partial charge in [-0.2, -0.15) is 18.2 Å². The predicted octanol–water partition coefficient (Wildman–Crippen LogP) is 6.26. The third kappa shape index (κ3) is 5.65. The summed E-state index contributed by atoms with van der Waals surface area (Å²) >= 11 is 0. The fourth-order valence-corrected chi connectivity index (χ4v) is 5.39. The van der Waals surface area contributed by atoms with Crippen molar-refractivity contribution in [1.29, 1.82) is 0 Å². The monoisotopic (exact) mass is 589 g/mol. The number of halogens is 3. The summed E-state index contributed by atoms with van der Waals surface area (Å²) in [4.78, 5) is 22.0. The Morgan fingerprint density at radius 1 is 0.977 bits per heavy atom. The summed E-state index contributed by atoms with van der Waals surface area (Å²) in [5, 5.41) is 0. The molecule has 3 aromatic heterocycles. The van der Waals surface area contributed by atoms with Crippen LogP contribution in [-0.2, 0) is 19.8 Å². The van der Waals surface area contributed by atoms with Crippen LogP contribution < -0.4 is 14.2 Å². The Labute approximate surface area is 245 Å². The number of imidazole rings is 1. The van der Waals surface area contributed by atoms with Gasteiger partial charge in [-0.1, -0.05) is 35.4 Å². The third-order valence-electron chi connectivity index (χ3n) is 7.85. The van der Waals surface area contributed by atoms with Gasteiger partial charge >= 0.3 is 6.18 Å². The predicted molar refractivity (Wildman–Crippen MR) is 149 cm³/mol. The highest BCUT2D eigenvalue weighted by molar-refractivity contribution is 5.66. The molecule has 1 atom stereocenters. The zero-order valence-corrected chi connectivity index (χ0v) is 23.6. The molecule has 1 fully saturated rings. The second kappa shape index (κ2) is 10.7. The van der Waals surface area contributed by atoms with E-state index in [0.717, 1.165) is 49.6 Å². The summed E-state index contributed by atoms with van der Waals surface area (Å²) in [6.45, 7) is 0.146. The van der Waals surface area contributed by atoms with Crippen molar-refractivity contribution >= 4 is 0 Å². The van der Waals surface area contributed by atoms with E-state index in [4.69, 9.17) is 19.2 Å². The van der Waals surface area contributed by atoms with Crippen LogP contribution in [0.4, 0.5) is 13.2 Å². The number of nitrogens with zero attached hydrogens (tertiary/aromatic N) is 6. The first kappa shape index (κ1) is 27.4. The minimum atomic E-state index is -4.51. The Morgan fingerprint density at radius 2 is 1.79 bits per heavy atom. The van der Waals surface area contributed by atoms with Crippen LogP contribution >= 0.6 is 0 Å². The maximum absolute atomic E-state index is 13.1. The van der Waals surface area contributed by atoms with Crippen LogP contribution in [0.3, 0.4) is 0 Å². The number of aromatic nitrogens is 6. The van der Waals surface area contributed by atoms with Crippen molar-refractivity contribution < 1.29 is 27.4 Å². The number of aryl methyl sites for hydroxylation is 1.